The molecule has 0 bridgehead atoms. The molecule has 5 nitrogen and oxygen atoms in total. The van der Waals surface area contributed by atoms with Crippen molar-refractivity contribution in [3.05, 3.63) is 0 Å². The molecule has 0 heterocycles. The molecule has 0 aliphatic rings. The van der Waals surface area contributed by atoms with Crippen molar-refractivity contribution in [2.75, 3.05) is 5.75 Å². The molecule has 0 fully saturated rings. The predicted octanol–water partition coefficient (Wildman–Crippen LogP) is 1.48. The number of unbranched alkanes of at least 4 members (excludes halogenated alkanes) is 1. The van der Waals surface area contributed by atoms with E-state index in [9.17, 15) is 8.42 Å². The Hall–Kier alpha value is 0.180. The van der Waals surface area contributed by atoms with E-state index in [2.05, 4.69) is 16.8 Å². The zero-order chi connectivity index (χ0) is 12.6. The Bertz CT molecular complexity index is 265. The molecule has 2 unspecified atom stereocenters. The summed E-state index contributed by atoms with van der Waals surface area (Å²) in [6, 6.07) is 0. The van der Waals surface area contributed by atoms with Gasteiger partial charge in [0.25, 0.3) is 0 Å². The predicted molar refractivity (Wildman–Crippen MR) is 64.6 cm³/mol. The van der Waals surface area contributed by atoms with E-state index >= 15 is 0 Å². The van der Waals surface area contributed by atoms with Crippen LogP contribution >= 0.6 is 12.6 Å². The minimum absolute atomic E-state index is 0.191. The average Bonchev–Trinajstić information content (AvgIpc) is 2.16. The van der Waals surface area contributed by atoms with E-state index in [1.807, 2.05) is 0 Å². The molecule has 16 heavy (non-hydrogen) atoms. The van der Waals surface area contributed by atoms with Gasteiger partial charge in [-0.2, -0.15) is 21.0 Å². The van der Waals surface area contributed by atoms with E-state index in [1.165, 1.54) is 0 Å². The highest BCUT2D eigenvalue weighted by Gasteiger charge is 2.20. The lowest BCUT2D eigenvalue weighted by Crippen LogP contribution is -2.23. The summed E-state index contributed by atoms with van der Waals surface area (Å²) in [6.07, 6.45) is 0.775. The Morgan fingerprint density at radius 3 is 2.44 bits per heavy atom. The van der Waals surface area contributed by atoms with Crippen LogP contribution in [0.1, 0.15) is 39.5 Å². The van der Waals surface area contributed by atoms with Crippen molar-refractivity contribution in [2.45, 2.75) is 51.9 Å². The molecular weight excluding hydrogens is 252 g/mol. The van der Waals surface area contributed by atoms with Crippen molar-refractivity contribution in [1.29, 1.82) is 0 Å². The van der Waals surface area contributed by atoms with Gasteiger partial charge in [0.2, 0.25) is 0 Å². The second-order valence-electron chi connectivity index (χ2n) is 3.49. The number of aliphatic hydroxyl groups is 1. The summed E-state index contributed by atoms with van der Waals surface area (Å²) in [6.45, 7) is 3.26. The summed E-state index contributed by atoms with van der Waals surface area (Å²) in [7, 11) is -4.10. The Labute approximate surface area is 103 Å². The minimum Gasteiger partial charge on any atom is -0.367 e. The average molecular weight is 272 g/mol. The summed E-state index contributed by atoms with van der Waals surface area (Å²) in [5, 5.41) is 9.03. The van der Waals surface area contributed by atoms with E-state index in [-0.39, 0.29) is 6.42 Å². The number of thiol groups is 1. The third-order valence-corrected chi connectivity index (χ3v) is 3.22. The van der Waals surface area contributed by atoms with E-state index < -0.39 is 22.8 Å². The van der Waals surface area contributed by atoms with Crippen LogP contribution in [0.2, 0.25) is 0 Å². The minimum atomic E-state index is -4.10. The summed E-state index contributed by atoms with van der Waals surface area (Å²) in [4.78, 5) is 0. The van der Waals surface area contributed by atoms with Gasteiger partial charge in [0.05, 0.1) is 6.10 Å². The Morgan fingerprint density at radius 1 is 1.31 bits per heavy atom. The van der Waals surface area contributed by atoms with E-state index in [0.29, 0.717) is 6.42 Å². The van der Waals surface area contributed by atoms with Crippen LogP contribution < -0.4 is 0 Å². The Kier molecular flexibility index (Phi) is 8.39. The quantitative estimate of drug-likeness (QED) is 0.378. The zero-order valence-corrected chi connectivity index (χ0v) is 11.3. The lowest BCUT2D eigenvalue weighted by molar-refractivity contribution is -0.0287. The molecule has 7 heteroatoms. The first-order valence-electron chi connectivity index (χ1n) is 5.31. The lowest BCUT2D eigenvalue weighted by Gasteiger charge is -2.14. The fourth-order valence-corrected chi connectivity index (χ4v) is 2.20. The van der Waals surface area contributed by atoms with Gasteiger partial charge in [-0.05, 0) is 31.9 Å². The fourth-order valence-electron chi connectivity index (χ4n) is 1.02. The van der Waals surface area contributed by atoms with Crippen LogP contribution in [0.5, 0.6) is 0 Å². The maximum Gasteiger partial charge on any atom is 0.402 e. The first kappa shape index (κ1) is 16.2. The molecular formula is C9H20O5S2. The highest BCUT2D eigenvalue weighted by Crippen LogP contribution is 2.11. The van der Waals surface area contributed by atoms with Crippen molar-refractivity contribution < 1.29 is 21.9 Å². The Balaban J connectivity index is 3.95. The molecule has 98 valence electrons. The lowest BCUT2D eigenvalue weighted by atomic mass is 10.2. The van der Waals surface area contributed by atoms with Gasteiger partial charge >= 0.3 is 10.4 Å². The van der Waals surface area contributed by atoms with Gasteiger partial charge in [-0.15, -0.1) is 0 Å². The zero-order valence-electron chi connectivity index (χ0n) is 9.63. The van der Waals surface area contributed by atoms with Gasteiger partial charge in [-0.3, -0.25) is 0 Å². The van der Waals surface area contributed by atoms with Crippen LogP contribution in [0, 0.1) is 0 Å². The summed E-state index contributed by atoms with van der Waals surface area (Å²) < 4.78 is 31.5. The summed E-state index contributed by atoms with van der Waals surface area (Å²) in [5.41, 5.74) is 0. The highest BCUT2D eigenvalue weighted by atomic mass is 32.3. The molecule has 1 N–H and O–H groups in total. The van der Waals surface area contributed by atoms with Crippen LogP contribution in [0.4, 0.5) is 0 Å². The third kappa shape index (κ3) is 8.35. The van der Waals surface area contributed by atoms with Crippen LogP contribution in [-0.4, -0.2) is 31.7 Å². The SMILES string of the molecule is CCC(O)OS(=O)(=O)OC(C)CCCCS. The number of rotatable bonds is 9. The molecule has 0 radical (unpaired) electrons. The van der Waals surface area contributed by atoms with Gasteiger partial charge in [0.15, 0.2) is 6.29 Å². The topological polar surface area (TPSA) is 72.8 Å². The number of hydrogen-bond donors (Lipinski definition) is 2. The smallest absolute Gasteiger partial charge is 0.367 e. The van der Waals surface area contributed by atoms with Crippen LogP contribution in [0.25, 0.3) is 0 Å². The molecule has 0 aliphatic carbocycles. The van der Waals surface area contributed by atoms with E-state index in [1.54, 1.807) is 13.8 Å². The van der Waals surface area contributed by atoms with Gasteiger partial charge in [0, 0.05) is 0 Å². The second-order valence-corrected chi connectivity index (χ2v) is 5.14. The molecule has 0 amide bonds. The van der Waals surface area contributed by atoms with Crippen molar-refractivity contribution in [1.82, 2.24) is 0 Å². The van der Waals surface area contributed by atoms with Gasteiger partial charge in [-0.25, -0.2) is 8.37 Å². The number of hydrogen-bond acceptors (Lipinski definition) is 6. The van der Waals surface area contributed by atoms with Crippen molar-refractivity contribution in [3.8, 4) is 0 Å². The molecule has 0 aromatic carbocycles. The van der Waals surface area contributed by atoms with Gasteiger partial charge < -0.3 is 5.11 Å². The summed E-state index contributed by atoms with van der Waals surface area (Å²) in [5.74, 6) is 0.768. The van der Waals surface area contributed by atoms with E-state index in [0.717, 1.165) is 18.6 Å². The maximum atomic E-state index is 11.2. The largest absolute Gasteiger partial charge is 0.402 e. The van der Waals surface area contributed by atoms with Crippen molar-refractivity contribution in [3.63, 3.8) is 0 Å². The fraction of sp³-hybridized carbons (Fsp3) is 1.00. The monoisotopic (exact) mass is 272 g/mol. The molecule has 0 aromatic rings. The first-order valence-corrected chi connectivity index (χ1v) is 7.28. The summed E-state index contributed by atoms with van der Waals surface area (Å²) >= 11 is 4.05. The third-order valence-electron chi connectivity index (χ3n) is 1.88. The van der Waals surface area contributed by atoms with E-state index in [4.69, 9.17) is 9.29 Å². The van der Waals surface area contributed by atoms with Gasteiger partial charge in [0.1, 0.15) is 0 Å². The standard InChI is InChI=1S/C9H20O5S2/c1-3-9(10)14-16(11,12)13-8(2)6-4-5-7-15/h8-10,15H,3-7H2,1-2H3. The normalized spacial score (nSPS) is 16.0. The maximum absolute atomic E-state index is 11.2. The van der Waals surface area contributed by atoms with Crippen LogP contribution in [-0.2, 0) is 18.8 Å². The van der Waals surface area contributed by atoms with Crippen molar-refractivity contribution in [2.24, 2.45) is 0 Å². The molecule has 0 saturated carbocycles. The first-order chi connectivity index (χ1) is 7.41. The second kappa shape index (κ2) is 8.30. The van der Waals surface area contributed by atoms with Gasteiger partial charge in [-0.1, -0.05) is 13.3 Å². The highest BCUT2D eigenvalue weighted by molar-refractivity contribution is 7.81. The molecule has 0 aromatic heterocycles. The number of aliphatic hydroxyl groups excluding tert-OH is 1. The molecule has 2 atom stereocenters. The Morgan fingerprint density at radius 2 is 1.94 bits per heavy atom. The van der Waals surface area contributed by atoms with Crippen LogP contribution in [0.15, 0.2) is 0 Å². The molecule has 0 aliphatic heterocycles. The molecule has 0 saturated heterocycles. The van der Waals surface area contributed by atoms with Crippen LogP contribution in [0.3, 0.4) is 0 Å². The molecule has 0 spiro atoms. The van der Waals surface area contributed by atoms with Crippen molar-refractivity contribution >= 4 is 23.0 Å². The molecule has 0 rings (SSSR count).